The van der Waals surface area contributed by atoms with Gasteiger partial charge in [-0.3, -0.25) is 14.4 Å². The van der Waals surface area contributed by atoms with E-state index in [1.54, 1.807) is 18.2 Å². The molecule has 28 heavy (non-hydrogen) atoms. The maximum Gasteiger partial charge on any atom is 0.251 e. The molecule has 0 bridgehead atoms. The van der Waals surface area contributed by atoms with Crippen LogP contribution >= 0.6 is 15.9 Å². The number of benzene rings is 2. The molecule has 7 heteroatoms. The van der Waals surface area contributed by atoms with Crippen molar-refractivity contribution in [3.05, 3.63) is 63.1 Å². The molecule has 0 spiro atoms. The Bertz CT molecular complexity index is 892. The minimum absolute atomic E-state index is 0.103. The minimum Gasteiger partial charge on any atom is -0.343 e. The van der Waals surface area contributed by atoms with Gasteiger partial charge in [-0.15, -0.1) is 0 Å². The number of nitrogens with one attached hydrogen (secondary N) is 2. The molecule has 0 aliphatic heterocycles. The molecule has 0 aliphatic carbocycles. The molecule has 2 N–H and O–H groups in total. The molecule has 0 radical (unpaired) electrons. The first-order valence-electron chi connectivity index (χ1n) is 8.82. The van der Waals surface area contributed by atoms with Gasteiger partial charge in [0.2, 0.25) is 11.8 Å². The van der Waals surface area contributed by atoms with Crippen LogP contribution in [0.5, 0.6) is 0 Å². The van der Waals surface area contributed by atoms with Crippen molar-refractivity contribution in [1.29, 1.82) is 0 Å². The number of carbonyl (C=O) groups is 3. The van der Waals surface area contributed by atoms with Gasteiger partial charge in [0, 0.05) is 22.8 Å². The van der Waals surface area contributed by atoms with Gasteiger partial charge in [0.05, 0.1) is 13.1 Å². The van der Waals surface area contributed by atoms with E-state index in [2.05, 4.69) is 26.6 Å². The molecule has 0 aliphatic rings. The predicted molar refractivity (Wildman–Crippen MR) is 113 cm³/mol. The number of rotatable bonds is 6. The molecule has 0 unspecified atom stereocenters. The molecule has 2 aromatic carbocycles. The van der Waals surface area contributed by atoms with Crippen LogP contribution in [0, 0.1) is 20.8 Å². The third kappa shape index (κ3) is 6.20. The largest absolute Gasteiger partial charge is 0.343 e. The summed E-state index contributed by atoms with van der Waals surface area (Å²) in [7, 11) is 1.53. The quantitative estimate of drug-likeness (QED) is 0.716. The smallest absolute Gasteiger partial charge is 0.251 e. The maximum atomic E-state index is 12.2. The van der Waals surface area contributed by atoms with Crippen LogP contribution in [0.1, 0.15) is 27.0 Å². The summed E-state index contributed by atoms with van der Waals surface area (Å²) in [5, 5.41) is 5.39. The third-order valence-corrected chi connectivity index (χ3v) is 4.65. The fraction of sp³-hybridized carbons (Fsp3) is 0.286. The maximum absolute atomic E-state index is 12.2. The standard InChI is InChI=1S/C21H24BrN3O3/c1-13-7-14(2)9-16(8-13)21(28)23-11-20(27)25(4)12-19(26)24-18-6-5-17(22)10-15(18)3/h5-10H,11-12H2,1-4H3,(H,23,28)(H,24,26). The lowest BCUT2D eigenvalue weighted by Crippen LogP contribution is -2.41. The highest BCUT2D eigenvalue weighted by molar-refractivity contribution is 9.10. The van der Waals surface area contributed by atoms with Crippen molar-refractivity contribution in [2.24, 2.45) is 0 Å². The van der Waals surface area contributed by atoms with Crippen molar-refractivity contribution >= 4 is 39.3 Å². The molecule has 0 saturated carbocycles. The number of anilines is 1. The van der Waals surface area contributed by atoms with E-state index in [1.807, 2.05) is 39.0 Å². The van der Waals surface area contributed by atoms with E-state index in [0.717, 1.165) is 21.2 Å². The summed E-state index contributed by atoms with van der Waals surface area (Å²) in [6.45, 7) is 5.43. The number of amides is 3. The highest BCUT2D eigenvalue weighted by atomic mass is 79.9. The van der Waals surface area contributed by atoms with Crippen LogP contribution in [0.15, 0.2) is 40.9 Å². The average molecular weight is 446 g/mol. The Hall–Kier alpha value is -2.67. The lowest BCUT2D eigenvalue weighted by molar-refractivity contribution is -0.132. The van der Waals surface area contributed by atoms with Gasteiger partial charge in [-0.25, -0.2) is 0 Å². The van der Waals surface area contributed by atoms with Gasteiger partial charge in [0.25, 0.3) is 5.91 Å². The Morgan fingerprint density at radius 2 is 1.64 bits per heavy atom. The molecule has 148 valence electrons. The fourth-order valence-electron chi connectivity index (χ4n) is 2.76. The van der Waals surface area contributed by atoms with Crippen LogP contribution in [0.4, 0.5) is 5.69 Å². The molecule has 2 rings (SSSR count). The normalized spacial score (nSPS) is 10.3. The van der Waals surface area contributed by atoms with Gasteiger partial charge < -0.3 is 15.5 Å². The summed E-state index contributed by atoms with van der Waals surface area (Å²) < 4.78 is 0.926. The van der Waals surface area contributed by atoms with Gasteiger partial charge in [-0.1, -0.05) is 33.1 Å². The van der Waals surface area contributed by atoms with Crippen molar-refractivity contribution in [3.8, 4) is 0 Å². The topological polar surface area (TPSA) is 78.5 Å². The zero-order valence-corrected chi connectivity index (χ0v) is 18.0. The van der Waals surface area contributed by atoms with E-state index in [-0.39, 0.29) is 30.8 Å². The van der Waals surface area contributed by atoms with Crippen LogP contribution in [-0.4, -0.2) is 42.8 Å². The highest BCUT2D eigenvalue weighted by Crippen LogP contribution is 2.19. The number of nitrogens with zero attached hydrogens (tertiary/aromatic N) is 1. The number of aryl methyl sites for hydroxylation is 3. The Morgan fingerprint density at radius 1 is 1.00 bits per heavy atom. The van der Waals surface area contributed by atoms with Crippen molar-refractivity contribution in [3.63, 3.8) is 0 Å². The van der Waals surface area contributed by atoms with Crippen molar-refractivity contribution in [2.75, 3.05) is 25.5 Å². The van der Waals surface area contributed by atoms with Crippen LogP contribution in [-0.2, 0) is 9.59 Å². The van der Waals surface area contributed by atoms with Crippen LogP contribution in [0.2, 0.25) is 0 Å². The summed E-state index contributed by atoms with van der Waals surface area (Å²) in [6.07, 6.45) is 0. The number of halogens is 1. The second kappa shape index (κ2) is 9.50. The number of hydrogen-bond donors (Lipinski definition) is 2. The molecule has 2 aromatic rings. The number of carbonyl (C=O) groups excluding carboxylic acids is 3. The summed E-state index contributed by atoms with van der Waals surface area (Å²) in [5.41, 5.74) is 4.08. The monoisotopic (exact) mass is 445 g/mol. The molecule has 0 heterocycles. The second-order valence-corrected chi connectivity index (χ2v) is 7.73. The summed E-state index contributed by atoms with van der Waals surface area (Å²) in [5.74, 6) is -0.967. The van der Waals surface area contributed by atoms with E-state index in [0.29, 0.717) is 11.3 Å². The first-order valence-corrected chi connectivity index (χ1v) is 9.61. The van der Waals surface area contributed by atoms with Gasteiger partial charge in [-0.05, 0) is 56.7 Å². The van der Waals surface area contributed by atoms with Gasteiger partial charge >= 0.3 is 0 Å². The molecular weight excluding hydrogens is 422 g/mol. The molecule has 0 saturated heterocycles. The highest BCUT2D eigenvalue weighted by Gasteiger charge is 2.15. The van der Waals surface area contributed by atoms with E-state index < -0.39 is 0 Å². The molecule has 3 amide bonds. The van der Waals surface area contributed by atoms with Crippen LogP contribution < -0.4 is 10.6 Å². The predicted octanol–water partition coefficient (Wildman–Crippen LogP) is 3.20. The average Bonchev–Trinajstić information content (AvgIpc) is 2.60. The van der Waals surface area contributed by atoms with E-state index >= 15 is 0 Å². The lowest BCUT2D eigenvalue weighted by Gasteiger charge is -2.18. The Morgan fingerprint density at radius 3 is 2.25 bits per heavy atom. The minimum atomic E-state index is -0.347. The van der Waals surface area contributed by atoms with E-state index in [9.17, 15) is 14.4 Å². The van der Waals surface area contributed by atoms with Crippen LogP contribution in [0.25, 0.3) is 0 Å². The second-order valence-electron chi connectivity index (χ2n) is 6.82. The fourth-order valence-corrected chi connectivity index (χ4v) is 3.23. The van der Waals surface area contributed by atoms with Gasteiger partial charge in [0.1, 0.15) is 0 Å². The molecule has 0 aromatic heterocycles. The van der Waals surface area contributed by atoms with Crippen molar-refractivity contribution < 1.29 is 14.4 Å². The number of hydrogen-bond acceptors (Lipinski definition) is 3. The summed E-state index contributed by atoms with van der Waals surface area (Å²) >= 11 is 3.38. The molecule has 0 atom stereocenters. The van der Waals surface area contributed by atoms with Gasteiger partial charge in [-0.2, -0.15) is 0 Å². The van der Waals surface area contributed by atoms with Crippen LogP contribution in [0.3, 0.4) is 0 Å². The number of likely N-dealkylation sites (N-methyl/N-ethyl adjacent to an activating group) is 1. The van der Waals surface area contributed by atoms with E-state index in [4.69, 9.17) is 0 Å². The van der Waals surface area contributed by atoms with Gasteiger partial charge in [0.15, 0.2) is 0 Å². The first kappa shape index (κ1) is 21.6. The van der Waals surface area contributed by atoms with Crippen molar-refractivity contribution in [1.82, 2.24) is 10.2 Å². The summed E-state index contributed by atoms with van der Waals surface area (Å²) in [4.78, 5) is 38.0. The molecule has 6 nitrogen and oxygen atoms in total. The Balaban J connectivity index is 1.86. The zero-order valence-electron chi connectivity index (χ0n) is 16.4. The lowest BCUT2D eigenvalue weighted by atomic mass is 10.1. The first-order chi connectivity index (χ1) is 13.2. The SMILES string of the molecule is Cc1cc(C)cc(C(=O)NCC(=O)N(C)CC(=O)Nc2ccc(Br)cc2C)c1. The molecule has 0 fully saturated rings. The Labute approximate surface area is 173 Å². The summed E-state index contributed by atoms with van der Waals surface area (Å²) in [6, 6.07) is 11.0. The van der Waals surface area contributed by atoms with E-state index in [1.165, 1.54) is 11.9 Å². The molecular formula is C21H24BrN3O3. The Kier molecular flexibility index (Phi) is 7.34. The third-order valence-electron chi connectivity index (χ3n) is 4.15. The van der Waals surface area contributed by atoms with Crippen molar-refractivity contribution in [2.45, 2.75) is 20.8 Å². The zero-order chi connectivity index (χ0) is 20.8.